The molecule has 0 rings (SSSR count). The average molecular weight is 1120 g/mol. The number of allylic oxidation sites excluding steroid dienone is 9. The Bertz CT molecular complexity index is 1380. The summed E-state index contributed by atoms with van der Waals surface area (Å²) in [6.45, 7) is 4.85. The lowest BCUT2D eigenvalue weighted by atomic mass is 10.0. The van der Waals surface area contributed by atoms with Crippen LogP contribution in [-0.4, -0.2) is 47.4 Å². The number of esters is 1. The molecule has 0 radical (unpaired) electrons. The van der Waals surface area contributed by atoms with Crippen LogP contribution in [0.4, 0.5) is 0 Å². The van der Waals surface area contributed by atoms with E-state index >= 15 is 0 Å². The molecule has 0 aromatic heterocycles. The Labute approximate surface area is 499 Å². The average Bonchev–Trinajstić information content (AvgIpc) is 3.46. The van der Waals surface area contributed by atoms with Crippen LogP contribution in [-0.2, 0) is 14.3 Å². The molecule has 0 aliphatic heterocycles. The molecule has 2 unspecified atom stereocenters. The number of ether oxygens (including phenoxy) is 1. The van der Waals surface area contributed by atoms with Crippen molar-refractivity contribution in [2.75, 3.05) is 13.2 Å². The van der Waals surface area contributed by atoms with Gasteiger partial charge in [0.05, 0.1) is 25.4 Å². The van der Waals surface area contributed by atoms with Gasteiger partial charge in [-0.1, -0.05) is 331 Å². The van der Waals surface area contributed by atoms with Gasteiger partial charge in [-0.15, -0.1) is 0 Å². The molecule has 3 N–H and O–H groups in total. The number of carbonyl (C=O) groups is 2. The molecule has 1 amide bonds. The molecular weight excluding hydrogens is 983 g/mol. The van der Waals surface area contributed by atoms with E-state index in [9.17, 15) is 19.8 Å². The van der Waals surface area contributed by atoms with Gasteiger partial charge in [0, 0.05) is 12.8 Å². The summed E-state index contributed by atoms with van der Waals surface area (Å²) >= 11 is 0. The SMILES string of the molecule is CCC/C=C\C/C=C\CCCCCCCC(=O)OCCCCCCCCCCCCC/C=C\C/C=C\CCCCCCCCCCCCCCCCCCCC(=O)NC(CO)C(O)/C=C/CCCCCCCCCCCCCCC. The molecule has 0 saturated heterocycles. The third-order valence-corrected chi connectivity index (χ3v) is 16.2. The summed E-state index contributed by atoms with van der Waals surface area (Å²) in [5, 5.41) is 23.2. The van der Waals surface area contributed by atoms with Crippen molar-refractivity contribution in [1.82, 2.24) is 5.32 Å². The fourth-order valence-electron chi connectivity index (χ4n) is 10.8. The highest BCUT2D eigenvalue weighted by atomic mass is 16.5. The number of amides is 1. The normalized spacial score (nSPS) is 12.9. The summed E-state index contributed by atoms with van der Waals surface area (Å²) in [5.41, 5.74) is 0. The standard InChI is InChI=1S/C74H137NO5/c1-3-5-7-9-11-13-15-17-39-43-46-50-54-58-62-66-72(77)71(70-76)75-73(78)67-63-59-55-51-47-44-40-37-35-33-31-29-27-25-23-21-19-18-20-22-24-26-28-30-32-34-36-38-41-45-49-53-57-61-65-69-80-74(79)68-64-60-56-52-48-42-16-14-12-10-8-6-4-2/h8,10,14,16,20,22,26,28,62,66,71-72,76-77H,3-7,9,11-13,15,17-19,21,23-25,27,29-61,63-65,67-70H2,1-2H3,(H,75,78)/b10-8-,16-14-,22-20-,28-26-,66-62+. The molecule has 0 aromatic rings. The predicted molar refractivity (Wildman–Crippen MR) is 352 cm³/mol. The van der Waals surface area contributed by atoms with E-state index in [1.807, 2.05) is 6.08 Å². The molecule has 0 aliphatic carbocycles. The Morgan fingerprint density at radius 2 is 0.650 bits per heavy atom. The molecule has 0 spiro atoms. The van der Waals surface area contributed by atoms with Crippen LogP contribution in [0.15, 0.2) is 60.8 Å². The van der Waals surface area contributed by atoms with E-state index in [2.05, 4.69) is 67.8 Å². The van der Waals surface area contributed by atoms with E-state index < -0.39 is 12.1 Å². The summed E-state index contributed by atoms with van der Waals surface area (Å²) in [6.07, 6.45) is 91.7. The molecule has 0 bridgehead atoms. The first kappa shape index (κ1) is 77.6. The van der Waals surface area contributed by atoms with Crippen LogP contribution in [0.2, 0.25) is 0 Å². The number of aliphatic hydroxyl groups excluding tert-OH is 2. The highest BCUT2D eigenvalue weighted by molar-refractivity contribution is 5.76. The lowest BCUT2D eigenvalue weighted by molar-refractivity contribution is -0.143. The number of hydrogen-bond acceptors (Lipinski definition) is 5. The van der Waals surface area contributed by atoms with Crippen LogP contribution in [0.5, 0.6) is 0 Å². The van der Waals surface area contributed by atoms with E-state index in [0.717, 1.165) is 57.8 Å². The van der Waals surface area contributed by atoms with E-state index in [1.165, 1.54) is 289 Å². The number of aliphatic hydroxyl groups is 2. The third kappa shape index (κ3) is 64.7. The van der Waals surface area contributed by atoms with Gasteiger partial charge >= 0.3 is 5.97 Å². The maximum absolute atomic E-state index is 12.5. The van der Waals surface area contributed by atoms with Gasteiger partial charge in [-0.2, -0.15) is 0 Å². The summed E-state index contributed by atoms with van der Waals surface area (Å²) in [4.78, 5) is 24.5. The predicted octanol–water partition coefficient (Wildman–Crippen LogP) is 23.0. The number of rotatable bonds is 66. The molecule has 0 aromatic carbocycles. The largest absolute Gasteiger partial charge is 0.466 e. The van der Waals surface area contributed by atoms with Crippen molar-refractivity contribution >= 4 is 11.9 Å². The third-order valence-electron chi connectivity index (χ3n) is 16.2. The molecular formula is C74H137NO5. The molecule has 0 fully saturated rings. The van der Waals surface area contributed by atoms with Gasteiger partial charge in [0.25, 0.3) is 0 Å². The Kier molecular flexibility index (Phi) is 66.9. The van der Waals surface area contributed by atoms with Crippen LogP contribution < -0.4 is 5.32 Å². The molecule has 0 saturated carbocycles. The fourth-order valence-corrected chi connectivity index (χ4v) is 10.8. The van der Waals surface area contributed by atoms with E-state index in [-0.39, 0.29) is 18.5 Å². The minimum Gasteiger partial charge on any atom is -0.466 e. The molecule has 468 valence electrons. The monoisotopic (exact) mass is 1120 g/mol. The van der Waals surface area contributed by atoms with Gasteiger partial charge in [0.1, 0.15) is 0 Å². The number of carbonyl (C=O) groups excluding carboxylic acids is 2. The van der Waals surface area contributed by atoms with Crippen molar-refractivity contribution in [3.05, 3.63) is 60.8 Å². The topological polar surface area (TPSA) is 95.9 Å². The first-order valence-corrected chi connectivity index (χ1v) is 35.6. The highest BCUT2D eigenvalue weighted by Gasteiger charge is 2.18. The maximum Gasteiger partial charge on any atom is 0.305 e. The number of hydrogen-bond donors (Lipinski definition) is 3. The zero-order valence-corrected chi connectivity index (χ0v) is 53.6. The minimum atomic E-state index is -0.843. The second-order valence-electron chi connectivity index (χ2n) is 24.2. The van der Waals surface area contributed by atoms with Crippen LogP contribution in [0, 0.1) is 0 Å². The van der Waals surface area contributed by atoms with Crippen molar-refractivity contribution in [3.63, 3.8) is 0 Å². The maximum atomic E-state index is 12.5. The molecule has 80 heavy (non-hydrogen) atoms. The van der Waals surface area contributed by atoms with Gasteiger partial charge in [0.15, 0.2) is 0 Å². The molecule has 0 heterocycles. The minimum absolute atomic E-state index is 0.000866. The van der Waals surface area contributed by atoms with Crippen molar-refractivity contribution in [2.45, 2.75) is 386 Å². The Hall–Kier alpha value is -2.44. The van der Waals surface area contributed by atoms with Crippen molar-refractivity contribution in [3.8, 4) is 0 Å². The quantitative estimate of drug-likeness (QED) is 0.0320. The van der Waals surface area contributed by atoms with Crippen molar-refractivity contribution < 1.29 is 24.5 Å². The Balaban J connectivity index is 3.39. The van der Waals surface area contributed by atoms with Gasteiger partial charge in [-0.25, -0.2) is 0 Å². The first-order chi connectivity index (χ1) is 39.5. The van der Waals surface area contributed by atoms with Gasteiger partial charge in [0.2, 0.25) is 5.91 Å². The van der Waals surface area contributed by atoms with Crippen molar-refractivity contribution in [1.29, 1.82) is 0 Å². The summed E-state index contributed by atoms with van der Waals surface area (Å²) in [5.74, 6) is -0.0633. The van der Waals surface area contributed by atoms with E-state index in [0.29, 0.717) is 19.4 Å². The first-order valence-electron chi connectivity index (χ1n) is 35.6. The summed E-state index contributed by atoms with van der Waals surface area (Å²) in [6, 6.07) is -0.627. The highest BCUT2D eigenvalue weighted by Crippen LogP contribution is 2.18. The lowest BCUT2D eigenvalue weighted by Gasteiger charge is -2.20. The van der Waals surface area contributed by atoms with Crippen LogP contribution in [0.3, 0.4) is 0 Å². The molecule has 0 aliphatic rings. The zero-order valence-electron chi connectivity index (χ0n) is 53.6. The van der Waals surface area contributed by atoms with Crippen LogP contribution in [0.1, 0.15) is 373 Å². The Morgan fingerprint density at radius 3 is 1.00 bits per heavy atom. The lowest BCUT2D eigenvalue weighted by Crippen LogP contribution is -2.45. The van der Waals surface area contributed by atoms with Crippen LogP contribution >= 0.6 is 0 Å². The van der Waals surface area contributed by atoms with E-state index in [4.69, 9.17) is 4.74 Å². The second-order valence-corrected chi connectivity index (χ2v) is 24.2. The number of unbranched alkanes of at least 4 members (excludes halogenated alkanes) is 47. The van der Waals surface area contributed by atoms with E-state index in [1.54, 1.807) is 6.08 Å². The van der Waals surface area contributed by atoms with Gasteiger partial charge < -0.3 is 20.3 Å². The molecule has 6 nitrogen and oxygen atoms in total. The molecule has 2 atom stereocenters. The zero-order chi connectivity index (χ0) is 57.8. The second kappa shape index (κ2) is 69.1. The molecule has 6 heteroatoms. The summed E-state index contributed by atoms with van der Waals surface area (Å²) < 4.78 is 5.47. The van der Waals surface area contributed by atoms with Gasteiger partial charge in [-0.05, 0) is 89.9 Å². The number of nitrogens with one attached hydrogen (secondary N) is 1. The van der Waals surface area contributed by atoms with Crippen LogP contribution in [0.25, 0.3) is 0 Å². The van der Waals surface area contributed by atoms with Gasteiger partial charge in [-0.3, -0.25) is 9.59 Å². The smallest absolute Gasteiger partial charge is 0.305 e. The summed E-state index contributed by atoms with van der Waals surface area (Å²) in [7, 11) is 0. The van der Waals surface area contributed by atoms with Crippen molar-refractivity contribution in [2.24, 2.45) is 0 Å². The Morgan fingerprint density at radius 1 is 0.350 bits per heavy atom. The fraction of sp³-hybridized carbons (Fsp3) is 0.838.